The fraction of sp³-hybridized carbons (Fsp3) is 0.214. The van der Waals surface area contributed by atoms with Gasteiger partial charge in [0.25, 0.3) is 0 Å². The number of amides is 1. The molecule has 0 aliphatic rings. The second kappa shape index (κ2) is 5.40. The first kappa shape index (κ1) is 12.2. The Labute approximate surface area is 105 Å². The van der Waals surface area contributed by atoms with Crippen LogP contribution in [-0.4, -0.2) is 23.2 Å². The molecular formula is C14H14N2O2. The Hall–Kier alpha value is -2.23. The molecule has 2 rings (SSSR count). The third kappa shape index (κ3) is 2.71. The molecule has 1 amide bonds. The maximum atomic E-state index is 11.9. The second-order valence-electron chi connectivity index (χ2n) is 3.97. The summed E-state index contributed by atoms with van der Waals surface area (Å²) in [5, 5.41) is 3.51. The lowest BCUT2D eigenvalue weighted by Crippen LogP contribution is -2.25. The zero-order chi connectivity index (χ0) is 13.0. The van der Waals surface area contributed by atoms with Gasteiger partial charge in [-0.05, 0) is 19.1 Å². The molecule has 1 aromatic heterocycles. The van der Waals surface area contributed by atoms with Crippen molar-refractivity contribution in [2.45, 2.75) is 13.3 Å². The molecule has 0 saturated carbocycles. The molecule has 0 atom stereocenters. The van der Waals surface area contributed by atoms with Gasteiger partial charge in [-0.2, -0.15) is 0 Å². The molecule has 0 bridgehead atoms. The van der Waals surface area contributed by atoms with Crippen molar-refractivity contribution >= 4 is 22.6 Å². The van der Waals surface area contributed by atoms with E-state index in [1.54, 1.807) is 6.07 Å². The van der Waals surface area contributed by atoms with Crippen molar-refractivity contribution in [3.8, 4) is 0 Å². The van der Waals surface area contributed by atoms with Crippen molar-refractivity contribution in [2.24, 2.45) is 0 Å². The van der Waals surface area contributed by atoms with Crippen LogP contribution in [0.15, 0.2) is 36.5 Å². The van der Waals surface area contributed by atoms with Crippen LogP contribution >= 0.6 is 0 Å². The maximum absolute atomic E-state index is 11.9. The molecule has 1 aromatic carbocycles. The average Bonchev–Trinajstić information content (AvgIpc) is 2.38. The largest absolute Gasteiger partial charge is 0.356 e. The first-order valence-corrected chi connectivity index (χ1v) is 5.85. The van der Waals surface area contributed by atoms with Crippen molar-refractivity contribution in [3.63, 3.8) is 0 Å². The van der Waals surface area contributed by atoms with E-state index in [0.29, 0.717) is 12.1 Å². The number of hydrogen-bond donors (Lipinski definition) is 1. The number of para-hydroxylation sites is 1. The smallest absolute Gasteiger partial charge is 0.227 e. The highest BCUT2D eigenvalue weighted by atomic mass is 16.2. The highest BCUT2D eigenvalue weighted by Gasteiger charge is 2.11. The SMILES string of the molecule is CCNC(=O)CC(=O)c1cnc2ccccc2c1. The Bertz CT molecular complexity index is 593. The van der Waals surface area contributed by atoms with E-state index in [-0.39, 0.29) is 18.1 Å². The van der Waals surface area contributed by atoms with Gasteiger partial charge in [0.2, 0.25) is 5.91 Å². The van der Waals surface area contributed by atoms with Crippen molar-refractivity contribution < 1.29 is 9.59 Å². The Morgan fingerprint density at radius 1 is 1.28 bits per heavy atom. The van der Waals surface area contributed by atoms with Gasteiger partial charge < -0.3 is 5.32 Å². The van der Waals surface area contributed by atoms with Crippen LogP contribution in [0.4, 0.5) is 0 Å². The lowest BCUT2D eigenvalue weighted by atomic mass is 10.1. The summed E-state index contributed by atoms with van der Waals surface area (Å²) in [7, 11) is 0. The van der Waals surface area contributed by atoms with Crippen LogP contribution in [0.25, 0.3) is 10.9 Å². The number of nitrogens with zero attached hydrogens (tertiary/aromatic N) is 1. The zero-order valence-electron chi connectivity index (χ0n) is 10.1. The topological polar surface area (TPSA) is 59.1 Å². The van der Waals surface area contributed by atoms with E-state index in [4.69, 9.17) is 0 Å². The van der Waals surface area contributed by atoms with Crippen LogP contribution in [0, 0.1) is 0 Å². The quantitative estimate of drug-likeness (QED) is 0.658. The van der Waals surface area contributed by atoms with Gasteiger partial charge in [-0.1, -0.05) is 18.2 Å². The number of carbonyl (C=O) groups excluding carboxylic acids is 2. The molecule has 18 heavy (non-hydrogen) atoms. The predicted molar refractivity (Wildman–Crippen MR) is 69.4 cm³/mol. The van der Waals surface area contributed by atoms with Gasteiger partial charge >= 0.3 is 0 Å². The minimum absolute atomic E-state index is 0.131. The first-order chi connectivity index (χ1) is 8.70. The molecule has 1 heterocycles. The highest BCUT2D eigenvalue weighted by molar-refractivity contribution is 6.08. The Morgan fingerprint density at radius 3 is 2.83 bits per heavy atom. The minimum atomic E-state index is -0.254. The molecule has 92 valence electrons. The van der Waals surface area contributed by atoms with E-state index in [1.807, 2.05) is 31.2 Å². The van der Waals surface area contributed by atoms with Gasteiger partial charge in [-0.25, -0.2) is 0 Å². The van der Waals surface area contributed by atoms with Crippen molar-refractivity contribution in [2.75, 3.05) is 6.54 Å². The molecule has 0 spiro atoms. The Morgan fingerprint density at radius 2 is 2.06 bits per heavy atom. The van der Waals surface area contributed by atoms with Gasteiger partial charge in [0.1, 0.15) is 0 Å². The van der Waals surface area contributed by atoms with Gasteiger partial charge in [0.15, 0.2) is 5.78 Å². The molecule has 4 heteroatoms. The van der Waals surface area contributed by atoms with E-state index in [9.17, 15) is 9.59 Å². The van der Waals surface area contributed by atoms with Crippen LogP contribution in [0.5, 0.6) is 0 Å². The molecule has 0 aliphatic heterocycles. The Kier molecular flexibility index (Phi) is 3.67. The van der Waals surface area contributed by atoms with E-state index >= 15 is 0 Å². The third-order valence-electron chi connectivity index (χ3n) is 2.61. The van der Waals surface area contributed by atoms with E-state index in [2.05, 4.69) is 10.3 Å². The van der Waals surface area contributed by atoms with Crippen LogP contribution in [0.2, 0.25) is 0 Å². The number of pyridine rings is 1. The number of Topliss-reactive ketones (excluding diaryl/α,β-unsaturated/α-hetero) is 1. The number of rotatable bonds is 4. The molecule has 0 aliphatic carbocycles. The van der Waals surface area contributed by atoms with Gasteiger partial charge in [0.05, 0.1) is 11.9 Å². The summed E-state index contributed by atoms with van der Waals surface area (Å²) in [6.45, 7) is 2.35. The molecule has 0 radical (unpaired) electrons. The van der Waals surface area contributed by atoms with Crippen molar-refractivity contribution in [3.05, 3.63) is 42.1 Å². The van der Waals surface area contributed by atoms with Crippen LogP contribution in [-0.2, 0) is 4.79 Å². The fourth-order valence-corrected chi connectivity index (χ4v) is 1.73. The Balaban J connectivity index is 2.20. The predicted octanol–water partition coefficient (Wildman–Crippen LogP) is 1.94. The second-order valence-corrected chi connectivity index (χ2v) is 3.97. The molecule has 1 N–H and O–H groups in total. The third-order valence-corrected chi connectivity index (χ3v) is 2.61. The molecule has 0 fully saturated rings. The molecule has 2 aromatic rings. The van der Waals surface area contributed by atoms with Crippen LogP contribution in [0.3, 0.4) is 0 Å². The summed E-state index contributed by atoms with van der Waals surface area (Å²) in [6, 6.07) is 9.33. The number of hydrogen-bond acceptors (Lipinski definition) is 3. The summed E-state index contributed by atoms with van der Waals surface area (Å²) in [6.07, 6.45) is 1.39. The summed E-state index contributed by atoms with van der Waals surface area (Å²) in [4.78, 5) is 27.4. The van der Waals surface area contributed by atoms with Crippen molar-refractivity contribution in [1.29, 1.82) is 0 Å². The lowest BCUT2D eigenvalue weighted by molar-refractivity contribution is -0.120. The summed E-state index contributed by atoms with van der Waals surface area (Å²) in [5.41, 5.74) is 1.31. The van der Waals surface area contributed by atoms with Gasteiger partial charge in [0, 0.05) is 23.7 Å². The number of ketones is 1. The zero-order valence-corrected chi connectivity index (χ0v) is 10.1. The van der Waals surface area contributed by atoms with E-state index < -0.39 is 0 Å². The number of carbonyl (C=O) groups is 2. The van der Waals surface area contributed by atoms with E-state index in [1.165, 1.54) is 6.20 Å². The number of aromatic nitrogens is 1. The summed E-state index contributed by atoms with van der Waals surface area (Å²) < 4.78 is 0. The standard InChI is InChI=1S/C14H14N2O2/c1-2-15-14(18)8-13(17)11-7-10-5-3-4-6-12(10)16-9-11/h3-7,9H,2,8H2,1H3,(H,15,18). The first-order valence-electron chi connectivity index (χ1n) is 5.85. The number of nitrogens with one attached hydrogen (secondary N) is 1. The van der Waals surface area contributed by atoms with Crippen LogP contribution in [0.1, 0.15) is 23.7 Å². The normalized spacial score (nSPS) is 10.3. The van der Waals surface area contributed by atoms with E-state index in [0.717, 1.165) is 10.9 Å². The number of benzene rings is 1. The molecular weight excluding hydrogens is 228 g/mol. The summed E-state index contributed by atoms with van der Waals surface area (Å²) in [5.74, 6) is -0.463. The van der Waals surface area contributed by atoms with Crippen LogP contribution < -0.4 is 5.32 Å². The average molecular weight is 242 g/mol. The lowest BCUT2D eigenvalue weighted by Gasteiger charge is -2.03. The minimum Gasteiger partial charge on any atom is -0.356 e. The molecule has 0 saturated heterocycles. The van der Waals surface area contributed by atoms with Gasteiger partial charge in [-0.15, -0.1) is 0 Å². The molecule has 4 nitrogen and oxygen atoms in total. The fourth-order valence-electron chi connectivity index (χ4n) is 1.73. The van der Waals surface area contributed by atoms with Crippen molar-refractivity contribution in [1.82, 2.24) is 10.3 Å². The van der Waals surface area contributed by atoms with Gasteiger partial charge in [-0.3, -0.25) is 14.6 Å². The summed E-state index contributed by atoms with van der Waals surface area (Å²) >= 11 is 0. The highest BCUT2D eigenvalue weighted by Crippen LogP contribution is 2.13. The number of fused-ring (bicyclic) bond motifs is 1. The monoisotopic (exact) mass is 242 g/mol. The maximum Gasteiger partial charge on any atom is 0.227 e. The molecule has 0 unspecified atom stereocenters.